The minimum absolute atomic E-state index is 0.0712. The molecular formula is C20H25NO3. The highest BCUT2D eigenvalue weighted by atomic mass is 16.5. The van der Waals surface area contributed by atoms with Gasteiger partial charge in [0.25, 0.3) is 0 Å². The van der Waals surface area contributed by atoms with Crippen molar-refractivity contribution in [3.63, 3.8) is 0 Å². The molecule has 5 atom stereocenters. The second-order valence-corrected chi connectivity index (χ2v) is 7.87. The fraction of sp³-hybridized carbons (Fsp3) is 0.600. The molecule has 0 saturated carbocycles. The molecule has 2 bridgehead atoms. The van der Waals surface area contributed by atoms with Crippen LogP contribution >= 0.6 is 0 Å². The summed E-state index contributed by atoms with van der Waals surface area (Å²) in [4.78, 5) is 2.53. The number of likely N-dealkylation sites (N-methyl/N-ethyl adjacent to an activating group) is 1. The van der Waals surface area contributed by atoms with Crippen LogP contribution in [0.25, 0.3) is 0 Å². The van der Waals surface area contributed by atoms with E-state index in [-0.39, 0.29) is 11.5 Å². The van der Waals surface area contributed by atoms with Crippen molar-refractivity contribution in [3.05, 3.63) is 35.4 Å². The Morgan fingerprint density at radius 1 is 1.38 bits per heavy atom. The largest absolute Gasteiger partial charge is 0.504 e. The quantitative estimate of drug-likeness (QED) is 0.805. The molecule has 0 aromatic heterocycles. The molecule has 1 aromatic carbocycles. The van der Waals surface area contributed by atoms with Crippen LogP contribution in [0.2, 0.25) is 0 Å². The number of methoxy groups -OCH3 is 1. The van der Waals surface area contributed by atoms with Gasteiger partial charge in [0, 0.05) is 23.6 Å². The Labute approximate surface area is 143 Å². The van der Waals surface area contributed by atoms with Gasteiger partial charge in [0.1, 0.15) is 0 Å². The van der Waals surface area contributed by atoms with Crippen molar-refractivity contribution in [2.75, 3.05) is 27.3 Å². The summed E-state index contributed by atoms with van der Waals surface area (Å²) in [6.07, 6.45) is 8.08. The second kappa shape index (κ2) is 4.99. The van der Waals surface area contributed by atoms with Gasteiger partial charge in [0.15, 0.2) is 11.5 Å². The number of hydrogen-bond acceptors (Lipinski definition) is 4. The number of likely N-dealkylation sites (tertiary alicyclic amines) is 1. The SMILES string of the molecule is COc1ccc2c(c1O)[C@@]13C=CC4OCCC4[C@@H]1[C@@H](C2)N(C)CC3. The van der Waals surface area contributed by atoms with E-state index >= 15 is 0 Å². The standard InChI is InChI=1S/C20H25NO3/c1-21-9-8-20-7-5-15-13(6-10-24-15)18(20)14(21)11-12-3-4-16(23-2)19(22)17(12)20/h3-5,7,13-15,18,22H,6,8-11H2,1-2H3/t13?,14-,15?,18-,20+/m1/s1. The number of aromatic hydroxyl groups is 1. The number of allylic oxidation sites excluding steroid dienone is 1. The van der Waals surface area contributed by atoms with E-state index in [0.29, 0.717) is 29.4 Å². The highest BCUT2D eigenvalue weighted by Gasteiger charge is 2.58. The maximum atomic E-state index is 11.0. The number of rotatable bonds is 1. The van der Waals surface area contributed by atoms with Gasteiger partial charge in [0.2, 0.25) is 0 Å². The summed E-state index contributed by atoms with van der Waals surface area (Å²) in [7, 11) is 3.89. The lowest BCUT2D eigenvalue weighted by Gasteiger charge is -2.59. The van der Waals surface area contributed by atoms with E-state index in [2.05, 4.69) is 30.2 Å². The summed E-state index contributed by atoms with van der Waals surface area (Å²) in [5, 5.41) is 11.0. The second-order valence-electron chi connectivity index (χ2n) is 7.87. The lowest BCUT2D eigenvalue weighted by Crippen LogP contribution is -2.62. The Balaban J connectivity index is 1.76. The number of ether oxygens (including phenoxy) is 2. The zero-order valence-corrected chi connectivity index (χ0v) is 14.4. The van der Waals surface area contributed by atoms with E-state index in [1.807, 2.05) is 6.07 Å². The molecular weight excluding hydrogens is 302 g/mol. The predicted octanol–water partition coefficient (Wildman–Crippen LogP) is 2.49. The molecule has 2 heterocycles. The van der Waals surface area contributed by atoms with E-state index in [1.165, 1.54) is 5.56 Å². The molecule has 0 amide bonds. The average molecular weight is 327 g/mol. The molecule has 0 radical (unpaired) electrons. The van der Waals surface area contributed by atoms with Crippen LogP contribution in [0.15, 0.2) is 24.3 Å². The van der Waals surface area contributed by atoms with E-state index in [1.54, 1.807) is 7.11 Å². The first-order chi connectivity index (χ1) is 11.7. The van der Waals surface area contributed by atoms with Crippen LogP contribution in [0.3, 0.4) is 0 Å². The first-order valence-electron chi connectivity index (χ1n) is 9.06. The van der Waals surface area contributed by atoms with Crippen LogP contribution in [-0.2, 0) is 16.6 Å². The van der Waals surface area contributed by atoms with Crippen molar-refractivity contribution in [1.29, 1.82) is 0 Å². The molecule has 2 fully saturated rings. The molecule has 1 N–H and O–H groups in total. The number of benzene rings is 1. The topological polar surface area (TPSA) is 41.9 Å². The maximum Gasteiger partial charge on any atom is 0.162 e. The molecule has 2 aliphatic heterocycles. The number of hydrogen-bond donors (Lipinski definition) is 1. The fourth-order valence-corrected chi connectivity index (χ4v) is 6.00. The van der Waals surface area contributed by atoms with Crippen LogP contribution in [0.4, 0.5) is 0 Å². The molecule has 0 spiro atoms. The van der Waals surface area contributed by atoms with Gasteiger partial charge >= 0.3 is 0 Å². The van der Waals surface area contributed by atoms with Gasteiger partial charge in [-0.25, -0.2) is 0 Å². The summed E-state index contributed by atoms with van der Waals surface area (Å²) >= 11 is 0. The number of phenolic OH excluding ortho intramolecular Hbond substituents is 1. The van der Waals surface area contributed by atoms with Crippen LogP contribution in [0.5, 0.6) is 11.5 Å². The molecule has 4 heteroatoms. The van der Waals surface area contributed by atoms with E-state index < -0.39 is 0 Å². The smallest absolute Gasteiger partial charge is 0.162 e. The van der Waals surface area contributed by atoms with Gasteiger partial charge in [-0.1, -0.05) is 18.2 Å². The minimum atomic E-state index is -0.0712. The van der Waals surface area contributed by atoms with Crippen LogP contribution in [0.1, 0.15) is 24.0 Å². The lowest BCUT2D eigenvalue weighted by molar-refractivity contribution is -0.0112. The number of phenols is 1. The highest BCUT2D eigenvalue weighted by molar-refractivity contribution is 5.58. The minimum Gasteiger partial charge on any atom is -0.504 e. The Kier molecular flexibility index (Phi) is 3.08. The van der Waals surface area contributed by atoms with Gasteiger partial charge in [0.05, 0.1) is 13.2 Å². The summed E-state index contributed by atoms with van der Waals surface area (Å²) in [5.41, 5.74) is 2.33. The summed E-state index contributed by atoms with van der Waals surface area (Å²) < 4.78 is 11.4. The average Bonchev–Trinajstić information content (AvgIpc) is 3.06. The third-order valence-corrected chi connectivity index (χ3v) is 7.02. The summed E-state index contributed by atoms with van der Waals surface area (Å²) in [6.45, 7) is 1.93. The number of piperidine rings is 1. The van der Waals surface area contributed by atoms with Crippen LogP contribution < -0.4 is 4.74 Å². The monoisotopic (exact) mass is 327 g/mol. The van der Waals surface area contributed by atoms with Crippen LogP contribution in [0, 0.1) is 11.8 Å². The number of fused-ring (bicyclic) bond motifs is 2. The predicted molar refractivity (Wildman–Crippen MR) is 91.6 cm³/mol. The molecule has 2 aliphatic carbocycles. The van der Waals surface area contributed by atoms with Crippen molar-refractivity contribution in [2.45, 2.75) is 36.8 Å². The zero-order valence-electron chi connectivity index (χ0n) is 14.4. The summed E-state index contributed by atoms with van der Waals surface area (Å²) in [6, 6.07) is 4.59. The van der Waals surface area contributed by atoms with Crippen molar-refractivity contribution in [2.24, 2.45) is 11.8 Å². The van der Waals surface area contributed by atoms with Gasteiger partial charge < -0.3 is 19.5 Å². The van der Waals surface area contributed by atoms with Gasteiger partial charge in [-0.05, 0) is 56.3 Å². The van der Waals surface area contributed by atoms with E-state index in [4.69, 9.17) is 9.47 Å². The van der Waals surface area contributed by atoms with Gasteiger partial charge in [-0.2, -0.15) is 0 Å². The normalized spacial score (nSPS) is 39.9. The third kappa shape index (κ3) is 1.71. The first kappa shape index (κ1) is 14.8. The zero-order chi connectivity index (χ0) is 16.5. The van der Waals surface area contributed by atoms with Crippen molar-refractivity contribution in [3.8, 4) is 11.5 Å². The van der Waals surface area contributed by atoms with Crippen LogP contribution in [-0.4, -0.2) is 49.5 Å². The summed E-state index contributed by atoms with van der Waals surface area (Å²) in [5.74, 6) is 2.02. The van der Waals surface area contributed by atoms with Crippen molar-refractivity contribution in [1.82, 2.24) is 4.90 Å². The first-order valence-corrected chi connectivity index (χ1v) is 9.06. The van der Waals surface area contributed by atoms with E-state index in [9.17, 15) is 5.11 Å². The number of nitrogens with zero attached hydrogens (tertiary/aromatic N) is 1. The third-order valence-electron chi connectivity index (χ3n) is 7.02. The molecule has 4 nitrogen and oxygen atoms in total. The Hall–Kier alpha value is -1.52. The van der Waals surface area contributed by atoms with Crippen molar-refractivity contribution >= 4 is 0 Å². The molecule has 1 aromatic rings. The molecule has 5 rings (SSSR count). The Morgan fingerprint density at radius 2 is 2.25 bits per heavy atom. The molecule has 128 valence electrons. The molecule has 24 heavy (non-hydrogen) atoms. The molecule has 2 saturated heterocycles. The van der Waals surface area contributed by atoms with Crippen molar-refractivity contribution < 1.29 is 14.6 Å². The lowest BCUT2D eigenvalue weighted by atomic mass is 9.51. The van der Waals surface area contributed by atoms with Gasteiger partial charge in [-0.3, -0.25) is 0 Å². The molecule has 4 aliphatic rings. The Bertz CT molecular complexity index is 715. The Morgan fingerprint density at radius 3 is 3.08 bits per heavy atom. The fourth-order valence-electron chi connectivity index (χ4n) is 6.00. The molecule has 2 unspecified atom stereocenters. The van der Waals surface area contributed by atoms with Gasteiger partial charge in [-0.15, -0.1) is 0 Å². The van der Waals surface area contributed by atoms with E-state index in [0.717, 1.165) is 38.0 Å². The maximum absolute atomic E-state index is 11.0. The highest BCUT2D eigenvalue weighted by Crippen LogP contribution is 2.59.